The molecule has 24 heavy (non-hydrogen) atoms. The molecule has 0 aliphatic carbocycles. The molecule has 0 aliphatic rings. The highest BCUT2D eigenvalue weighted by Crippen LogP contribution is 2.31. The summed E-state index contributed by atoms with van der Waals surface area (Å²) in [5.41, 5.74) is 1.62. The Kier molecular flexibility index (Phi) is 9.58. The van der Waals surface area contributed by atoms with Gasteiger partial charge in [-0.2, -0.15) is 0 Å². The number of nitrogens with zero attached hydrogens (tertiary/aromatic N) is 1. The summed E-state index contributed by atoms with van der Waals surface area (Å²) in [7, 11) is 1.58. The van der Waals surface area contributed by atoms with Crippen molar-refractivity contribution in [2.45, 2.75) is 46.5 Å². The van der Waals surface area contributed by atoms with Crippen molar-refractivity contribution < 1.29 is 14.3 Å². The first kappa shape index (κ1) is 20.0. The van der Waals surface area contributed by atoms with Gasteiger partial charge in [0, 0.05) is 12.3 Å². The van der Waals surface area contributed by atoms with Gasteiger partial charge >= 0.3 is 0 Å². The fraction of sp³-hybridized carbons (Fsp3) is 0.579. The van der Waals surface area contributed by atoms with E-state index in [1.54, 1.807) is 25.3 Å². The van der Waals surface area contributed by atoms with Crippen molar-refractivity contribution in [3.8, 4) is 11.5 Å². The molecular formula is C19H30N2O3. The molecule has 0 spiro atoms. The molecular weight excluding hydrogens is 304 g/mol. The van der Waals surface area contributed by atoms with Crippen molar-refractivity contribution in [3.05, 3.63) is 23.8 Å². The summed E-state index contributed by atoms with van der Waals surface area (Å²) in [6, 6.07) is 5.35. The van der Waals surface area contributed by atoms with Crippen LogP contribution in [0.2, 0.25) is 0 Å². The number of unbranched alkanes of at least 4 members (excludes halogenated alkanes) is 1. The molecule has 0 radical (unpaired) electrons. The molecule has 0 aliphatic heterocycles. The highest BCUT2D eigenvalue weighted by atomic mass is 16.5. The first-order valence-corrected chi connectivity index (χ1v) is 8.71. The monoisotopic (exact) mass is 334 g/mol. The Morgan fingerprint density at radius 1 is 1.25 bits per heavy atom. The van der Waals surface area contributed by atoms with Crippen molar-refractivity contribution >= 4 is 11.6 Å². The van der Waals surface area contributed by atoms with Gasteiger partial charge in [-0.15, -0.1) is 0 Å². The van der Waals surface area contributed by atoms with E-state index >= 15 is 0 Å². The predicted octanol–water partition coefficient (Wildman–Crippen LogP) is 3.86. The SMILES string of the molecule is CCCCOc1c(OC)cccc1C(=O)NCCN=C(C)CCC. The van der Waals surface area contributed by atoms with Gasteiger partial charge in [-0.05, 0) is 31.9 Å². The van der Waals surface area contributed by atoms with Crippen molar-refractivity contribution in [3.63, 3.8) is 0 Å². The summed E-state index contributed by atoms with van der Waals surface area (Å²) in [5, 5.41) is 2.90. The van der Waals surface area contributed by atoms with Crippen LogP contribution in [0.25, 0.3) is 0 Å². The zero-order valence-corrected chi connectivity index (χ0v) is 15.4. The average molecular weight is 334 g/mol. The fourth-order valence-corrected chi connectivity index (χ4v) is 2.28. The van der Waals surface area contributed by atoms with Gasteiger partial charge in [0.2, 0.25) is 0 Å². The molecule has 1 amide bonds. The quantitative estimate of drug-likeness (QED) is 0.494. The number of methoxy groups -OCH3 is 1. The molecule has 0 heterocycles. The predicted molar refractivity (Wildman–Crippen MR) is 98.6 cm³/mol. The van der Waals surface area contributed by atoms with Crippen LogP contribution in [0.5, 0.6) is 11.5 Å². The summed E-state index contributed by atoms with van der Waals surface area (Å²) in [5.74, 6) is 0.927. The zero-order valence-electron chi connectivity index (χ0n) is 15.4. The molecule has 5 nitrogen and oxygen atoms in total. The third kappa shape index (κ3) is 6.60. The van der Waals surface area contributed by atoms with Crippen LogP contribution in [0.4, 0.5) is 0 Å². The standard InChI is InChI=1S/C19H30N2O3/c1-5-7-14-24-18-16(10-8-11-17(18)23-4)19(22)21-13-12-20-15(3)9-6-2/h8,10-11H,5-7,9,12-14H2,1-4H3,(H,21,22). The van der Waals surface area contributed by atoms with Gasteiger partial charge in [-0.1, -0.05) is 32.8 Å². The second kappa shape index (κ2) is 11.5. The van der Waals surface area contributed by atoms with Crippen LogP contribution in [0, 0.1) is 0 Å². The van der Waals surface area contributed by atoms with E-state index in [4.69, 9.17) is 9.47 Å². The molecule has 0 fully saturated rings. The van der Waals surface area contributed by atoms with E-state index in [1.807, 2.05) is 6.92 Å². The van der Waals surface area contributed by atoms with Crippen LogP contribution in [0.3, 0.4) is 0 Å². The molecule has 0 saturated carbocycles. The maximum absolute atomic E-state index is 12.4. The molecule has 5 heteroatoms. The lowest BCUT2D eigenvalue weighted by molar-refractivity contribution is 0.0950. The second-order valence-electron chi connectivity index (χ2n) is 5.66. The van der Waals surface area contributed by atoms with Gasteiger partial charge in [-0.3, -0.25) is 9.79 Å². The lowest BCUT2D eigenvalue weighted by Gasteiger charge is -2.14. The molecule has 1 aromatic carbocycles. The number of aliphatic imine (C=N–C) groups is 1. The van der Waals surface area contributed by atoms with Gasteiger partial charge < -0.3 is 14.8 Å². The topological polar surface area (TPSA) is 59.9 Å². The molecule has 0 unspecified atom stereocenters. The lowest BCUT2D eigenvalue weighted by atomic mass is 10.1. The third-order valence-corrected chi connectivity index (χ3v) is 3.58. The molecule has 1 rings (SSSR count). The normalized spacial score (nSPS) is 11.2. The second-order valence-corrected chi connectivity index (χ2v) is 5.66. The van der Waals surface area contributed by atoms with E-state index < -0.39 is 0 Å². The van der Waals surface area contributed by atoms with Crippen LogP contribution in [0.15, 0.2) is 23.2 Å². The number of rotatable bonds is 11. The molecule has 0 bridgehead atoms. The highest BCUT2D eigenvalue weighted by Gasteiger charge is 2.16. The summed E-state index contributed by atoms with van der Waals surface area (Å²) in [6.45, 7) is 7.91. The third-order valence-electron chi connectivity index (χ3n) is 3.58. The van der Waals surface area contributed by atoms with E-state index in [9.17, 15) is 4.79 Å². The molecule has 0 atom stereocenters. The average Bonchev–Trinajstić information content (AvgIpc) is 2.59. The van der Waals surface area contributed by atoms with Gasteiger partial charge in [0.15, 0.2) is 11.5 Å². The van der Waals surface area contributed by atoms with Crippen molar-refractivity contribution in [1.82, 2.24) is 5.32 Å². The number of nitrogens with one attached hydrogen (secondary N) is 1. The largest absolute Gasteiger partial charge is 0.493 e. The first-order chi connectivity index (χ1) is 11.6. The molecule has 134 valence electrons. The molecule has 0 saturated heterocycles. The smallest absolute Gasteiger partial charge is 0.255 e. The Bertz CT molecular complexity index is 541. The number of hydrogen-bond donors (Lipinski definition) is 1. The number of amides is 1. The summed E-state index contributed by atoms with van der Waals surface area (Å²) in [4.78, 5) is 16.9. The van der Waals surface area contributed by atoms with Gasteiger partial charge in [0.05, 0.1) is 25.8 Å². The van der Waals surface area contributed by atoms with Crippen molar-refractivity contribution in [1.29, 1.82) is 0 Å². The number of hydrogen-bond acceptors (Lipinski definition) is 4. The van der Waals surface area contributed by atoms with Crippen molar-refractivity contribution in [2.24, 2.45) is 4.99 Å². The van der Waals surface area contributed by atoms with E-state index in [1.165, 1.54) is 0 Å². The zero-order chi connectivity index (χ0) is 17.8. The number of ether oxygens (including phenoxy) is 2. The minimum absolute atomic E-state index is 0.163. The minimum Gasteiger partial charge on any atom is -0.493 e. The van der Waals surface area contributed by atoms with E-state index in [0.29, 0.717) is 36.8 Å². The Labute approximate surface area is 145 Å². The van der Waals surface area contributed by atoms with E-state index in [-0.39, 0.29) is 5.91 Å². The summed E-state index contributed by atoms with van der Waals surface area (Å²) in [6.07, 6.45) is 4.06. The summed E-state index contributed by atoms with van der Waals surface area (Å²) < 4.78 is 11.1. The lowest BCUT2D eigenvalue weighted by Crippen LogP contribution is -2.27. The van der Waals surface area contributed by atoms with E-state index in [2.05, 4.69) is 24.2 Å². The Hall–Kier alpha value is -2.04. The minimum atomic E-state index is -0.163. The van der Waals surface area contributed by atoms with Gasteiger partial charge in [0.25, 0.3) is 5.91 Å². The Morgan fingerprint density at radius 2 is 2.04 bits per heavy atom. The van der Waals surface area contributed by atoms with Crippen LogP contribution >= 0.6 is 0 Å². The molecule has 1 N–H and O–H groups in total. The Morgan fingerprint density at radius 3 is 2.71 bits per heavy atom. The van der Waals surface area contributed by atoms with Gasteiger partial charge in [-0.25, -0.2) is 0 Å². The Balaban J connectivity index is 2.69. The number of benzene rings is 1. The van der Waals surface area contributed by atoms with Crippen LogP contribution in [0.1, 0.15) is 56.8 Å². The van der Waals surface area contributed by atoms with Crippen molar-refractivity contribution in [2.75, 3.05) is 26.8 Å². The van der Waals surface area contributed by atoms with Crippen LogP contribution in [-0.4, -0.2) is 38.4 Å². The maximum atomic E-state index is 12.4. The first-order valence-electron chi connectivity index (χ1n) is 8.71. The number of para-hydroxylation sites is 1. The van der Waals surface area contributed by atoms with E-state index in [0.717, 1.165) is 31.4 Å². The highest BCUT2D eigenvalue weighted by molar-refractivity contribution is 5.97. The summed E-state index contributed by atoms with van der Waals surface area (Å²) >= 11 is 0. The maximum Gasteiger partial charge on any atom is 0.255 e. The fourth-order valence-electron chi connectivity index (χ4n) is 2.28. The van der Waals surface area contributed by atoms with Crippen LogP contribution < -0.4 is 14.8 Å². The number of carbonyl (C=O) groups is 1. The molecule has 0 aromatic heterocycles. The number of carbonyl (C=O) groups excluding carboxylic acids is 1. The molecule has 1 aromatic rings. The van der Waals surface area contributed by atoms with Crippen LogP contribution in [-0.2, 0) is 0 Å². The van der Waals surface area contributed by atoms with Gasteiger partial charge in [0.1, 0.15) is 0 Å².